The molecule has 1 N–H and O–H groups in total. The topological polar surface area (TPSA) is 57.6 Å². The number of aliphatic carboxylic acids is 1. The second-order valence-electron chi connectivity index (χ2n) is 4.68. The van der Waals surface area contributed by atoms with Crippen LogP contribution in [0.2, 0.25) is 0 Å². The van der Waals surface area contributed by atoms with Crippen LogP contribution in [0, 0.1) is 17.8 Å². The number of carboxylic acids is 1. The van der Waals surface area contributed by atoms with Gasteiger partial charge in [0.15, 0.2) is 0 Å². The van der Waals surface area contributed by atoms with Gasteiger partial charge in [0.1, 0.15) is 0 Å². The van der Waals surface area contributed by atoms with E-state index in [2.05, 4.69) is 0 Å². The summed E-state index contributed by atoms with van der Waals surface area (Å²) < 4.78 is 0. The number of piperidine rings is 2. The van der Waals surface area contributed by atoms with E-state index in [1.54, 1.807) is 0 Å². The summed E-state index contributed by atoms with van der Waals surface area (Å²) in [4.78, 5) is 24.4. The summed E-state index contributed by atoms with van der Waals surface area (Å²) in [5, 5.41) is 9.07. The zero-order valence-electron chi connectivity index (χ0n) is 7.85. The lowest BCUT2D eigenvalue weighted by Gasteiger charge is -2.36. The number of amides is 1. The first-order valence-corrected chi connectivity index (χ1v) is 5.21. The molecule has 4 atom stereocenters. The van der Waals surface area contributed by atoms with Crippen LogP contribution in [0.1, 0.15) is 19.3 Å². The highest BCUT2D eigenvalue weighted by Gasteiger charge is 2.59. The molecule has 1 amide bonds. The van der Waals surface area contributed by atoms with Gasteiger partial charge < -0.3 is 10.0 Å². The summed E-state index contributed by atoms with van der Waals surface area (Å²) in [7, 11) is 0. The molecule has 0 bridgehead atoms. The normalized spacial score (nSPS) is 44.6. The summed E-state index contributed by atoms with van der Waals surface area (Å²) in [5.74, 6) is 0.259. The lowest BCUT2D eigenvalue weighted by atomic mass is 9.87. The molecule has 2 aliphatic heterocycles. The summed E-state index contributed by atoms with van der Waals surface area (Å²) in [5.41, 5.74) is 0. The number of nitrogens with zero attached hydrogens (tertiary/aromatic N) is 1. The molecule has 3 rings (SSSR count). The molecule has 0 aromatic heterocycles. The van der Waals surface area contributed by atoms with E-state index in [1.165, 1.54) is 0 Å². The van der Waals surface area contributed by atoms with E-state index in [0.29, 0.717) is 24.7 Å². The molecule has 4 nitrogen and oxygen atoms in total. The number of fused-ring (bicyclic) bond motifs is 3. The highest BCUT2D eigenvalue weighted by Crippen LogP contribution is 2.53. The Balaban J connectivity index is 1.89. The smallest absolute Gasteiger partial charge is 0.308 e. The number of rotatable bonds is 1. The third kappa shape index (κ3) is 0.938. The fraction of sp³-hybridized carbons (Fsp3) is 0.800. The fourth-order valence-electron chi connectivity index (χ4n) is 3.15. The van der Waals surface area contributed by atoms with Crippen LogP contribution >= 0.6 is 0 Å². The average Bonchev–Trinajstić information content (AvgIpc) is 2.80. The maximum absolute atomic E-state index is 11.5. The molecular formula is C10H13NO3. The summed E-state index contributed by atoms with van der Waals surface area (Å²) in [6.07, 6.45) is 2.10. The van der Waals surface area contributed by atoms with Crippen molar-refractivity contribution in [2.24, 2.45) is 17.8 Å². The fourth-order valence-corrected chi connectivity index (χ4v) is 3.15. The molecule has 2 saturated heterocycles. The zero-order chi connectivity index (χ0) is 9.87. The minimum atomic E-state index is -0.722. The van der Waals surface area contributed by atoms with Crippen molar-refractivity contribution in [3.05, 3.63) is 0 Å². The van der Waals surface area contributed by atoms with Crippen LogP contribution in [0.3, 0.4) is 0 Å². The van der Waals surface area contributed by atoms with Gasteiger partial charge in [-0.05, 0) is 24.7 Å². The van der Waals surface area contributed by atoms with Crippen molar-refractivity contribution in [3.8, 4) is 0 Å². The van der Waals surface area contributed by atoms with Crippen molar-refractivity contribution in [3.63, 3.8) is 0 Å². The van der Waals surface area contributed by atoms with Crippen LogP contribution in [0.5, 0.6) is 0 Å². The standard InChI is InChI=1S/C10H13NO3/c12-8-2-1-6(10(13)14)9-7-3-5(7)4-11(8)9/h5-7,9H,1-4H2,(H,13,14). The largest absolute Gasteiger partial charge is 0.481 e. The molecule has 4 unspecified atom stereocenters. The van der Waals surface area contributed by atoms with Gasteiger partial charge in [0.05, 0.1) is 5.92 Å². The van der Waals surface area contributed by atoms with E-state index < -0.39 is 5.97 Å². The van der Waals surface area contributed by atoms with Gasteiger partial charge in [-0.15, -0.1) is 0 Å². The van der Waals surface area contributed by atoms with Crippen LogP contribution in [-0.2, 0) is 9.59 Å². The van der Waals surface area contributed by atoms with E-state index in [0.717, 1.165) is 13.0 Å². The van der Waals surface area contributed by atoms with E-state index in [-0.39, 0.29) is 17.9 Å². The Bertz CT molecular complexity index is 314. The number of carbonyl (C=O) groups excluding carboxylic acids is 1. The molecule has 0 aromatic carbocycles. The summed E-state index contributed by atoms with van der Waals surface area (Å²) in [6.45, 7) is 0.817. The average molecular weight is 195 g/mol. The van der Waals surface area contributed by atoms with Crippen LogP contribution in [-0.4, -0.2) is 34.5 Å². The quantitative estimate of drug-likeness (QED) is 0.656. The van der Waals surface area contributed by atoms with Crippen molar-refractivity contribution in [2.45, 2.75) is 25.3 Å². The Morgan fingerprint density at radius 2 is 2.29 bits per heavy atom. The lowest BCUT2D eigenvalue weighted by molar-refractivity contribution is -0.150. The van der Waals surface area contributed by atoms with Crippen LogP contribution < -0.4 is 0 Å². The van der Waals surface area contributed by atoms with Gasteiger partial charge in [0.2, 0.25) is 5.91 Å². The van der Waals surface area contributed by atoms with E-state index in [4.69, 9.17) is 5.11 Å². The summed E-state index contributed by atoms with van der Waals surface area (Å²) in [6, 6.07) is 0.0266. The predicted octanol–water partition coefficient (Wildman–Crippen LogP) is 0.328. The van der Waals surface area contributed by atoms with Gasteiger partial charge in [0.25, 0.3) is 0 Å². The van der Waals surface area contributed by atoms with Gasteiger partial charge in [0, 0.05) is 19.0 Å². The third-order valence-corrected chi connectivity index (χ3v) is 3.93. The van der Waals surface area contributed by atoms with Crippen molar-refractivity contribution in [2.75, 3.05) is 6.54 Å². The Morgan fingerprint density at radius 1 is 1.50 bits per heavy atom. The SMILES string of the molecule is O=C(O)C1CCC(=O)N2CC3CC3C12. The molecule has 3 fully saturated rings. The number of hydrogen-bond donors (Lipinski definition) is 1. The van der Waals surface area contributed by atoms with E-state index in [1.807, 2.05) is 4.90 Å². The van der Waals surface area contributed by atoms with Crippen molar-refractivity contribution in [1.82, 2.24) is 4.90 Å². The first-order valence-electron chi connectivity index (χ1n) is 5.21. The molecule has 1 aliphatic carbocycles. The Hall–Kier alpha value is -1.06. The van der Waals surface area contributed by atoms with Crippen molar-refractivity contribution < 1.29 is 14.7 Å². The molecule has 1 saturated carbocycles. The van der Waals surface area contributed by atoms with Crippen molar-refractivity contribution >= 4 is 11.9 Å². The molecule has 0 radical (unpaired) electrons. The number of carboxylic acid groups (broad SMARTS) is 1. The zero-order valence-corrected chi connectivity index (χ0v) is 7.85. The maximum Gasteiger partial charge on any atom is 0.308 e. The minimum absolute atomic E-state index is 0.0266. The molecule has 76 valence electrons. The van der Waals surface area contributed by atoms with Crippen molar-refractivity contribution in [1.29, 1.82) is 0 Å². The predicted molar refractivity (Wildman–Crippen MR) is 47.5 cm³/mol. The number of hydrogen-bond acceptors (Lipinski definition) is 2. The van der Waals surface area contributed by atoms with E-state index in [9.17, 15) is 9.59 Å². The Morgan fingerprint density at radius 3 is 3.00 bits per heavy atom. The Labute approximate surface area is 81.9 Å². The number of carbonyl (C=O) groups is 2. The monoisotopic (exact) mass is 195 g/mol. The van der Waals surface area contributed by atoms with Crippen LogP contribution in [0.25, 0.3) is 0 Å². The highest BCUT2D eigenvalue weighted by molar-refractivity contribution is 5.82. The van der Waals surface area contributed by atoms with Crippen LogP contribution in [0.15, 0.2) is 0 Å². The van der Waals surface area contributed by atoms with Crippen LogP contribution in [0.4, 0.5) is 0 Å². The molecule has 2 heterocycles. The van der Waals surface area contributed by atoms with Gasteiger partial charge in [-0.2, -0.15) is 0 Å². The first kappa shape index (κ1) is 8.26. The molecule has 0 spiro atoms. The molecule has 4 heteroatoms. The third-order valence-electron chi connectivity index (χ3n) is 3.93. The maximum atomic E-state index is 11.5. The lowest BCUT2D eigenvalue weighted by Crippen LogP contribution is -2.49. The molecule has 3 aliphatic rings. The van der Waals surface area contributed by atoms with Gasteiger partial charge >= 0.3 is 5.97 Å². The Kier molecular flexibility index (Phi) is 1.47. The molecule has 0 aromatic rings. The minimum Gasteiger partial charge on any atom is -0.481 e. The second-order valence-corrected chi connectivity index (χ2v) is 4.68. The molecular weight excluding hydrogens is 182 g/mol. The van der Waals surface area contributed by atoms with Gasteiger partial charge in [-0.25, -0.2) is 0 Å². The van der Waals surface area contributed by atoms with Gasteiger partial charge in [-0.3, -0.25) is 9.59 Å². The van der Waals surface area contributed by atoms with E-state index >= 15 is 0 Å². The summed E-state index contributed by atoms with van der Waals surface area (Å²) >= 11 is 0. The first-order chi connectivity index (χ1) is 6.68. The second kappa shape index (κ2) is 2.49. The van der Waals surface area contributed by atoms with Gasteiger partial charge in [-0.1, -0.05) is 0 Å². The highest BCUT2D eigenvalue weighted by atomic mass is 16.4. The molecule has 14 heavy (non-hydrogen) atoms.